The summed E-state index contributed by atoms with van der Waals surface area (Å²) in [5.74, 6) is 0.129. The van der Waals surface area contributed by atoms with Crippen molar-refractivity contribution in [3.8, 4) is 0 Å². The van der Waals surface area contributed by atoms with Crippen molar-refractivity contribution in [2.45, 2.75) is 6.92 Å². The summed E-state index contributed by atoms with van der Waals surface area (Å²) in [7, 11) is 0. The number of aliphatic imine (C=N–C) groups is 1. The van der Waals surface area contributed by atoms with E-state index < -0.39 is 4.92 Å². The minimum atomic E-state index is -0.470. The van der Waals surface area contributed by atoms with Crippen molar-refractivity contribution >= 4 is 45.1 Å². The van der Waals surface area contributed by atoms with Gasteiger partial charge in [0.1, 0.15) is 11.5 Å². The molecule has 3 aromatic carbocycles. The summed E-state index contributed by atoms with van der Waals surface area (Å²) in [6, 6.07) is 21.3. The maximum Gasteiger partial charge on any atom is 0.282 e. The van der Waals surface area contributed by atoms with Crippen LogP contribution in [0, 0.1) is 17.0 Å². The first-order chi connectivity index (χ1) is 14.4. The lowest BCUT2D eigenvalue weighted by Gasteiger charge is -2.19. The highest BCUT2D eigenvalue weighted by Crippen LogP contribution is 2.31. The van der Waals surface area contributed by atoms with Gasteiger partial charge in [0.15, 0.2) is 0 Å². The van der Waals surface area contributed by atoms with Gasteiger partial charge < -0.3 is 0 Å². The number of carbonyl (C=O) groups is 1. The number of nitro groups is 1. The first kappa shape index (κ1) is 19.7. The summed E-state index contributed by atoms with van der Waals surface area (Å²) in [4.78, 5) is 30.3. The number of nitrogens with zero attached hydrogens (tertiary/aromatic N) is 3. The lowest BCUT2D eigenvalue weighted by Crippen LogP contribution is -2.32. The summed E-state index contributed by atoms with van der Waals surface area (Å²) in [6.07, 6.45) is 1.46. The van der Waals surface area contributed by atoms with E-state index in [1.807, 2.05) is 55.5 Å². The van der Waals surface area contributed by atoms with Gasteiger partial charge in [-0.15, -0.1) is 0 Å². The van der Waals surface area contributed by atoms with Crippen LogP contribution in [0.1, 0.15) is 16.7 Å². The molecule has 0 bridgehead atoms. The molecular weight excluding hydrogens is 446 g/mol. The van der Waals surface area contributed by atoms with E-state index >= 15 is 0 Å². The monoisotopic (exact) mass is 461 g/mol. The van der Waals surface area contributed by atoms with Crippen LogP contribution in [0.15, 0.2) is 88.0 Å². The van der Waals surface area contributed by atoms with E-state index in [4.69, 9.17) is 0 Å². The number of rotatable bonds is 4. The Hall–Kier alpha value is -3.58. The maximum atomic E-state index is 13.3. The van der Waals surface area contributed by atoms with Crippen LogP contribution in [0.2, 0.25) is 0 Å². The number of aryl methyl sites for hydroxylation is 1. The van der Waals surface area contributed by atoms with Crippen molar-refractivity contribution in [2.24, 2.45) is 4.99 Å². The van der Waals surface area contributed by atoms with Crippen LogP contribution in [0.3, 0.4) is 0 Å². The molecule has 4 rings (SSSR count). The van der Waals surface area contributed by atoms with Gasteiger partial charge in [0, 0.05) is 16.1 Å². The number of halogens is 1. The number of para-hydroxylation sites is 1. The smallest absolute Gasteiger partial charge is 0.266 e. The number of amidine groups is 1. The third kappa shape index (κ3) is 3.79. The third-order valence-corrected chi connectivity index (χ3v) is 5.16. The van der Waals surface area contributed by atoms with Crippen molar-refractivity contribution in [3.63, 3.8) is 0 Å². The van der Waals surface area contributed by atoms with Crippen LogP contribution in [-0.2, 0) is 4.79 Å². The van der Waals surface area contributed by atoms with Crippen LogP contribution in [0.4, 0.5) is 11.4 Å². The quantitative estimate of drug-likeness (QED) is 0.292. The SMILES string of the molecule is Cc1ccc(C2=N/C(=C/c3ccccc3[N+](=O)[O-])C(=O)N2c2cccc(Br)c2)cc1. The Kier molecular flexibility index (Phi) is 5.29. The van der Waals surface area contributed by atoms with E-state index in [1.165, 1.54) is 17.0 Å². The summed E-state index contributed by atoms with van der Waals surface area (Å²) in [5, 5.41) is 11.4. The number of anilines is 1. The van der Waals surface area contributed by atoms with Gasteiger partial charge in [0.05, 0.1) is 16.2 Å². The summed E-state index contributed by atoms with van der Waals surface area (Å²) >= 11 is 3.44. The average molecular weight is 462 g/mol. The molecule has 0 unspecified atom stereocenters. The van der Waals surface area contributed by atoms with Crippen molar-refractivity contribution in [1.82, 2.24) is 0 Å². The van der Waals surface area contributed by atoms with Crippen molar-refractivity contribution in [2.75, 3.05) is 4.90 Å². The van der Waals surface area contributed by atoms with E-state index in [1.54, 1.807) is 18.2 Å². The predicted octanol–water partition coefficient (Wildman–Crippen LogP) is 5.50. The molecule has 7 heteroatoms. The van der Waals surface area contributed by atoms with Gasteiger partial charge in [-0.1, -0.05) is 64.0 Å². The molecule has 0 saturated heterocycles. The molecule has 1 aliphatic rings. The van der Waals surface area contributed by atoms with Gasteiger partial charge in [-0.2, -0.15) is 0 Å². The molecule has 30 heavy (non-hydrogen) atoms. The van der Waals surface area contributed by atoms with Gasteiger partial charge in [-0.05, 0) is 37.3 Å². The number of nitro benzene ring substituents is 1. The Morgan fingerprint density at radius 3 is 2.47 bits per heavy atom. The van der Waals surface area contributed by atoms with Crippen LogP contribution in [0.5, 0.6) is 0 Å². The molecular formula is C23H16BrN3O3. The Labute approximate surface area is 181 Å². The second-order valence-electron chi connectivity index (χ2n) is 6.77. The highest BCUT2D eigenvalue weighted by atomic mass is 79.9. The van der Waals surface area contributed by atoms with Crippen molar-refractivity contribution in [3.05, 3.63) is 110 Å². The largest absolute Gasteiger partial charge is 0.282 e. The van der Waals surface area contributed by atoms with Gasteiger partial charge in [0.25, 0.3) is 11.6 Å². The lowest BCUT2D eigenvalue weighted by molar-refractivity contribution is -0.385. The van der Waals surface area contributed by atoms with E-state index in [2.05, 4.69) is 20.9 Å². The number of hydrogen-bond donors (Lipinski definition) is 0. The molecule has 1 aliphatic heterocycles. The van der Waals surface area contributed by atoms with E-state index in [0.717, 1.165) is 15.6 Å². The maximum absolute atomic E-state index is 13.3. The summed E-state index contributed by atoms with van der Waals surface area (Å²) in [6.45, 7) is 1.98. The van der Waals surface area contributed by atoms with Gasteiger partial charge in [0.2, 0.25) is 0 Å². The lowest BCUT2D eigenvalue weighted by atomic mass is 10.1. The highest BCUT2D eigenvalue weighted by Gasteiger charge is 2.33. The molecule has 1 amide bonds. The Morgan fingerprint density at radius 1 is 1.03 bits per heavy atom. The Morgan fingerprint density at radius 2 is 1.77 bits per heavy atom. The summed E-state index contributed by atoms with van der Waals surface area (Å²) < 4.78 is 0.826. The average Bonchev–Trinajstić information content (AvgIpc) is 3.05. The van der Waals surface area contributed by atoms with Crippen LogP contribution >= 0.6 is 15.9 Å². The van der Waals surface area contributed by atoms with E-state index in [9.17, 15) is 14.9 Å². The van der Waals surface area contributed by atoms with Gasteiger partial charge in [-0.25, -0.2) is 4.99 Å². The minimum Gasteiger partial charge on any atom is -0.266 e. The standard InChI is InChI=1S/C23H16BrN3O3/c1-15-9-11-16(12-10-15)22-25-20(13-17-5-2-3-8-21(17)27(29)30)23(28)26(22)19-7-4-6-18(24)14-19/h2-14H,1H3/b20-13+. The topological polar surface area (TPSA) is 75.8 Å². The molecule has 0 spiro atoms. The van der Waals surface area contributed by atoms with Crippen molar-refractivity contribution < 1.29 is 9.72 Å². The van der Waals surface area contributed by atoms with Crippen LogP contribution < -0.4 is 4.90 Å². The molecule has 0 radical (unpaired) electrons. The Balaban J connectivity index is 1.86. The number of hydrogen-bond acceptors (Lipinski definition) is 4. The fourth-order valence-corrected chi connectivity index (χ4v) is 3.58. The zero-order valence-electron chi connectivity index (χ0n) is 15.9. The molecule has 6 nitrogen and oxygen atoms in total. The van der Waals surface area contributed by atoms with Gasteiger partial charge >= 0.3 is 0 Å². The molecule has 0 aliphatic carbocycles. The van der Waals surface area contributed by atoms with Crippen molar-refractivity contribution in [1.29, 1.82) is 0 Å². The van der Waals surface area contributed by atoms with Crippen LogP contribution in [0.25, 0.3) is 6.08 Å². The zero-order chi connectivity index (χ0) is 21.3. The number of benzene rings is 3. The molecule has 3 aromatic rings. The van der Waals surface area contributed by atoms with E-state index in [0.29, 0.717) is 17.1 Å². The fourth-order valence-electron chi connectivity index (χ4n) is 3.19. The molecule has 0 N–H and O–H groups in total. The minimum absolute atomic E-state index is 0.0780. The predicted molar refractivity (Wildman–Crippen MR) is 120 cm³/mol. The molecule has 1 heterocycles. The molecule has 148 valence electrons. The third-order valence-electron chi connectivity index (χ3n) is 4.66. The number of carbonyl (C=O) groups excluding carboxylic acids is 1. The first-order valence-corrected chi connectivity index (χ1v) is 9.94. The van der Waals surface area contributed by atoms with E-state index in [-0.39, 0.29) is 17.3 Å². The molecule has 0 saturated carbocycles. The molecule has 0 aromatic heterocycles. The second kappa shape index (κ2) is 8.04. The summed E-state index contributed by atoms with van der Waals surface area (Å²) in [5.41, 5.74) is 2.91. The van der Waals surface area contributed by atoms with Crippen LogP contribution in [-0.4, -0.2) is 16.7 Å². The Bertz CT molecular complexity index is 1220. The highest BCUT2D eigenvalue weighted by molar-refractivity contribution is 9.10. The normalized spacial score (nSPS) is 14.9. The first-order valence-electron chi connectivity index (χ1n) is 9.15. The molecule has 0 fully saturated rings. The second-order valence-corrected chi connectivity index (χ2v) is 7.68. The van der Waals surface area contributed by atoms with Gasteiger partial charge in [-0.3, -0.25) is 19.8 Å². The fraction of sp³-hybridized carbons (Fsp3) is 0.0435. The molecule has 0 atom stereocenters. The number of amides is 1. The zero-order valence-corrected chi connectivity index (χ0v) is 17.5.